The highest BCUT2D eigenvalue weighted by Gasteiger charge is 2.19. The molecule has 0 saturated carbocycles. The molecule has 1 aromatic rings. The molecule has 86 valence electrons. The van der Waals surface area contributed by atoms with Gasteiger partial charge >= 0.3 is 0 Å². The van der Waals surface area contributed by atoms with Gasteiger partial charge in [-0.15, -0.1) is 0 Å². The lowest BCUT2D eigenvalue weighted by Gasteiger charge is -2.29. The van der Waals surface area contributed by atoms with Crippen molar-refractivity contribution >= 4 is 5.69 Å². The third-order valence-electron chi connectivity index (χ3n) is 2.78. The van der Waals surface area contributed by atoms with E-state index in [4.69, 9.17) is 5.26 Å². The summed E-state index contributed by atoms with van der Waals surface area (Å²) < 4.78 is 0. The molecule has 1 rings (SSSR count). The number of benzene rings is 1. The van der Waals surface area contributed by atoms with Crippen LogP contribution in [0.1, 0.15) is 25.8 Å². The van der Waals surface area contributed by atoms with Crippen LogP contribution >= 0.6 is 0 Å². The maximum atomic E-state index is 9.96. The summed E-state index contributed by atoms with van der Waals surface area (Å²) in [6.07, 6.45) is 0.716. The van der Waals surface area contributed by atoms with Gasteiger partial charge in [0.05, 0.1) is 17.2 Å². The van der Waals surface area contributed by atoms with Gasteiger partial charge in [-0.3, -0.25) is 0 Å². The fourth-order valence-corrected chi connectivity index (χ4v) is 1.50. The van der Waals surface area contributed by atoms with Gasteiger partial charge < -0.3 is 10.0 Å². The number of rotatable bonds is 4. The Kier molecular flexibility index (Phi) is 3.92. The number of hydrogen-bond donors (Lipinski definition) is 1. The van der Waals surface area contributed by atoms with Crippen molar-refractivity contribution in [1.82, 2.24) is 0 Å². The molecule has 0 aliphatic carbocycles. The number of aliphatic hydroxyl groups is 1. The first-order chi connectivity index (χ1) is 7.48. The minimum absolute atomic E-state index is 0.579. The second-order valence-corrected chi connectivity index (χ2v) is 4.37. The molecule has 0 aromatic heterocycles. The Morgan fingerprint density at radius 2 is 1.94 bits per heavy atom. The average molecular weight is 218 g/mol. The van der Waals surface area contributed by atoms with E-state index in [1.807, 2.05) is 37.9 Å². The van der Waals surface area contributed by atoms with Gasteiger partial charge in [-0.05, 0) is 37.6 Å². The van der Waals surface area contributed by atoms with Crippen molar-refractivity contribution in [3.8, 4) is 6.07 Å². The second-order valence-electron chi connectivity index (χ2n) is 4.37. The Hall–Kier alpha value is -1.53. The number of anilines is 1. The van der Waals surface area contributed by atoms with E-state index in [0.29, 0.717) is 18.5 Å². The molecule has 0 aliphatic heterocycles. The SMILES string of the molecule is CCC(C)(O)CN(C)c1ccc(C#N)cc1. The lowest BCUT2D eigenvalue weighted by atomic mass is 10.0. The van der Waals surface area contributed by atoms with E-state index in [1.54, 1.807) is 12.1 Å². The van der Waals surface area contributed by atoms with E-state index < -0.39 is 5.60 Å². The maximum absolute atomic E-state index is 9.96. The fourth-order valence-electron chi connectivity index (χ4n) is 1.50. The zero-order valence-corrected chi connectivity index (χ0v) is 10.1. The molecule has 3 nitrogen and oxygen atoms in total. The van der Waals surface area contributed by atoms with Crippen molar-refractivity contribution in [1.29, 1.82) is 5.26 Å². The predicted octanol–water partition coefficient (Wildman–Crippen LogP) is 2.16. The van der Waals surface area contributed by atoms with Crippen LogP contribution in [0, 0.1) is 11.3 Å². The largest absolute Gasteiger partial charge is 0.388 e. The molecule has 1 unspecified atom stereocenters. The monoisotopic (exact) mass is 218 g/mol. The zero-order chi connectivity index (χ0) is 12.2. The quantitative estimate of drug-likeness (QED) is 0.842. The Labute approximate surface area is 96.9 Å². The summed E-state index contributed by atoms with van der Waals surface area (Å²) in [5.41, 5.74) is 0.981. The molecule has 1 N–H and O–H groups in total. The molecule has 0 bridgehead atoms. The highest BCUT2D eigenvalue weighted by molar-refractivity contribution is 5.49. The molecular weight excluding hydrogens is 200 g/mol. The lowest BCUT2D eigenvalue weighted by Crippen LogP contribution is -2.38. The Balaban J connectivity index is 2.74. The van der Waals surface area contributed by atoms with Gasteiger partial charge in [-0.1, -0.05) is 6.92 Å². The number of likely N-dealkylation sites (N-methyl/N-ethyl adjacent to an activating group) is 1. The van der Waals surface area contributed by atoms with Crippen LogP contribution in [0.15, 0.2) is 24.3 Å². The Morgan fingerprint density at radius 3 is 2.38 bits per heavy atom. The summed E-state index contributed by atoms with van der Waals surface area (Å²) in [7, 11) is 1.94. The molecule has 3 heteroatoms. The third-order valence-corrected chi connectivity index (χ3v) is 2.78. The standard InChI is InChI=1S/C13H18N2O/c1-4-13(2,16)10-15(3)12-7-5-11(9-14)6-8-12/h5-8,16H,4,10H2,1-3H3. The van der Waals surface area contributed by atoms with Crippen molar-refractivity contribution in [2.75, 3.05) is 18.5 Å². The highest BCUT2D eigenvalue weighted by atomic mass is 16.3. The van der Waals surface area contributed by atoms with Crippen LogP contribution in [0.2, 0.25) is 0 Å². The summed E-state index contributed by atoms with van der Waals surface area (Å²) >= 11 is 0. The summed E-state index contributed by atoms with van der Waals surface area (Å²) in [5.74, 6) is 0. The summed E-state index contributed by atoms with van der Waals surface area (Å²) in [4.78, 5) is 1.99. The molecule has 0 saturated heterocycles. The average Bonchev–Trinajstić information content (AvgIpc) is 2.28. The molecule has 0 aliphatic rings. The minimum atomic E-state index is -0.678. The molecule has 1 atom stereocenters. The van der Waals surface area contributed by atoms with Crippen LogP contribution in [-0.2, 0) is 0 Å². The smallest absolute Gasteiger partial charge is 0.0991 e. The molecule has 16 heavy (non-hydrogen) atoms. The first-order valence-electron chi connectivity index (χ1n) is 5.42. The number of hydrogen-bond acceptors (Lipinski definition) is 3. The Bertz CT molecular complexity index is 376. The van der Waals surface area contributed by atoms with E-state index in [9.17, 15) is 5.11 Å². The minimum Gasteiger partial charge on any atom is -0.388 e. The molecule has 0 heterocycles. The lowest BCUT2D eigenvalue weighted by molar-refractivity contribution is 0.0641. The van der Waals surface area contributed by atoms with Gasteiger partial charge in [0.1, 0.15) is 0 Å². The van der Waals surface area contributed by atoms with Crippen molar-refractivity contribution in [3.05, 3.63) is 29.8 Å². The van der Waals surface area contributed by atoms with Gasteiger partial charge in [-0.2, -0.15) is 5.26 Å². The van der Waals surface area contributed by atoms with Gasteiger partial charge in [-0.25, -0.2) is 0 Å². The van der Waals surface area contributed by atoms with E-state index in [0.717, 1.165) is 5.69 Å². The van der Waals surface area contributed by atoms with E-state index in [1.165, 1.54) is 0 Å². The summed E-state index contributed by atoms with van der Waals surface area (Å²) in [6.45, 7) is 4.37. The van der Waals surface area contributed by atoms with Gasteiger partial charge in [0, 0.05) is 19.3 Å². The molecule has 0 radical (unpaired) electrons. The predicted molar refractivity (Wildman–Crippen MR) is 65.3 cm³/mol. The topological polar surface area (TPSA) is 47.3 Å². The third kappa shape index (κ3) is 3.25. The van der Waals surface area contributed by atoms with Crippen LogP contribution in [0.5, 0.6) is 0 Å². The Morgan fingerprint density at radius 1 is 1.38 bits per heavy atom. The van der Waals surface area contributed by atoms with Crippen molar-refractivity contribution in [2.24, 2.45) is 0 Å². The van der Waals surface area contributed by atoms with Gasteiger partial charge in [0.25, 0.3) is 0 Å². The van der Waals surface area contributed by atoms with Crippen LogP contribution in [0.25, 0.3) is 0 Å². The maximum Gasteiger partial charge on any atom is 0.0991 e. The zero-order valence-electron chi connectivity index (χ0n) is 10.1. The van der Waals surface area contributed by atoms with Crippen LogP contribution in [0.4, 0.5) is 5.69 Å². The summed E-state index contributed by atoms with van der Waals surface area (Å²) in [5, 5.41) is 18.6. The first kappa shape index (κ1) is 12.5. The fraction of sp³-hybridized carbons (Fsp3) is 0.462. The van der Waals surface area contributed by atoms with E-state index in [2.05, 4.69) is 6.07 Å². The van der Waals surface area contributed by atoms with E-state index in [-0.39, 0.29) is 0 Å². The summed E-state index contributed by atoms with van der Waals surface area (Å²) in [6, 6.07) is 9.44. The molecule has 0 fully saturated rings. The highest BCUT2D eigenvalue weighted by Crippen LogP contribution is 2.17. The van der Waals surface area contributed by atoms with Gasteiger partial charge in [0.2, 0.25) is 0 Å². The number of nitrogens with zero attached hydrogens (tertiary/aromatic N) is 2. The van der Waals surface area contributed by atoms with Gasteiger partial charge in [0.15, 0.2) is 0 Å². The normalized spacial score (nSPS) is 13.9. The molecule has 1 aromatic carbocycles. The first-order valence-corrected chi connectivity index (χ1v) is 5.42. The molecule has 0 amide bonds. The molecule has 0 spiro atoms. The van der Waals surface area contributed by atoms with E-state index >= 15 is 0 Å². The van der Waals surface area contributed by atoms with Crippen molar-refractivity contribution < 1.29 is 5.11 Å². The van der Waals surface area contributed by atoms with Crippen molar-refractivity contribution in [3.63, 3.8) is 0 Å². The van der Waals surface area contributed by atoms with Crippen LogP contribution < -0.4 is 4.90 Å². The molecular formula is C13H18N2O. The van der Waals surface area contributed by atoms with Crippen molar-refractivity contribution in [2.45, 2.75) is 25.9 Å². The van der Waals surface area contributed by atoms with Crippen LogP contribution in [-0.4, -0.2) is 24.3 Å². The van der Waals surface area contributed by atoms with Crippen LogP contribution in [0.3, 0.4) is 0 Å². The second kappa shape index (κ2) is 5.00. The number of nitriles is 1.